The van der Waals surface area contributed by atoms with E-state index in [1.165, 1.54) is 0 Å². The van der Waals surface area contributed by atoms with Crippen molar-refractivity contribution in [2.45, 2.75) is 31.5 Å². The lowest BCUT2D eigenvalue weighted by molar-refractivity contribution is -0.121. The van der Waals surface area contributed by atoms with Crippen molar-refractivity contribution in [1.29, 1.82) is 0 Å². The average Bonchev–Trinajstić information content (AvgIpc) is 2.33. The molecular weight excluding hydrogens is 216 g/mol. The number of rotatable bonds is 0. The number of aliphatic hydroxyl groups excluding tert-OH is 1. The van der Waals surface area contributed by atoms with Gasteiger partial charge in [-0.15, -0.1) is 0 Å². The molecule has 3 heteroatoms. The van der Waals surface area contributed by atoms with Crippen molar-refractivity contribution in [1.82, 2.24) is 0 Å². The Morgan fingerprint density at radius 3 is 3.00 bits per heavy atom. The van der Waals surface area contributed by atoms with E-state index in [2.05, 4.69) is 6.92 Å². The van der Waals surface area contributed by atoms with Gasteiger partial charge in [0.1, 0.15) is 11.4 Å². The number of ether oxygens (including phenoxy) is 2. The van der Waals surface area contributed by atoms with Gasteiger partial charge in [-0.3, -0.25) is 0 Å². The van der Waals surface area contributed by atoms with Crippen LogP contribution in [0, 0.1) is 5.92 Å². The molecule has 1 N–H and O–H groups in total. The lowest BCUT2D eigenvalue weighted by Gasteiger charge is -2.46. The van der Waals surface area contributed by atoms with Crippen LogP contribution in [0.2, 0.25) is 0 Å². The smallest absolute Gasteiger partial charge is 0.125 e. The molecule has 0 radical (unpaired) electrons. The van der Waals surface area contributed by atoms with Gasteiger partial charge in [-0.1, -0.05) is 25.1 Å². The van der Waals surface area contributed by atoms with Gasteiger partial charge in [0.15, 0.2) is 0 Å². The van der Waals surface area contributed by atoms with Crippen LogP contribution >= 0.6 is 0 Å². The van der Waals surface area contributed by atoms with Crippen molar-refractivity contribution in [3.05, 3.63) is 29.8 Å². The Morgan fingerprint density at radius 2 is 2.18 bits per heavy atom. The second kappa shape index (κ2) is 4.00. The Bertz CT molecular complexity index is 418. The lowest BCUT2D eigenvalue weighted by atomic mass is 9.77. The molecule has 2 aliphatic heterocycles. The van der Waals surface area contributed by atoms with E-state index in [4.69, 9.17) is 9.47 Å². The summed E-state index contributed by atoms with van der Waals surface area (Å²) < 4.78 is 11.7. The average molecular weight is 234 g/mol. The highest BCUT2D eigenvalue weighted by Crippen LogP contribution is 2.45. The van der Waals surface area contributed by atoms with Gasteiger partial charge in [-0.2, -0.15) is 0 Å². The molecule has 3 atom stereocenters. The highest BCUT2D eigenvalue weighted by molar-refractivity contribution is 5.38. The normalized spacial score (nSPS) is 36.4. The largest absolute Gasteiger partial charge is 0.486 e. The van der Waals surface area contributed by atoms with E-state index in [1.54, 1.807) is 0 Å². The maximum atomic E-state index is 10.3. The van der Waals surface area contributed by atoms with Crippen molar-refractivity contribution in [2.24, 2.45) is 5.92 Å². The quantitative estimate of drug-likeness (QED) is 0.748. The van der Waals surface area contributed by atoms with Gasteiger partial charge >= 0.3 is 0 Å². The molecule has 0 aliphatic carbocycles. The molecule has 92 valence electrons. The SMILES string of the molecule is CC1COCCC12CC(O)c1ccccc1O2. The predicted octanol–water partition coefficient (Wildman–Crippen LogP) is 2.30. The first-order valence-electron chi connectivity index (χ1n) is 6.25. The zero-order valence-corrected chi connectivity index (χ0v) is 10.1. The standard InChI is InChI=1S/C14H18O3/c1-10-9-16-7-6-14(10)8-12(15)11-4-2-3-5-13(11)17-14/h2-5,10,12,15H,6-9H2,1H3. The summed E-state index contributed by atoms with van der Waals surface area (Å²) in [6.07, 6.45) is 1.12. The zero-order valence-electron chi connectivity index (χ0n) is 10.1. The monoisotopic (exact) mass is 234 g/mol. The Balaban J connectivity index is 1.97. The fourth-order valence-electron chi connectivity index (χ4n) is 2.90. The van der Waals surface area contributed by atoms with Crippen LogP contribution in [0.25, 0.3) is 0 Å². The molecule has 1 saturated heterocycles. The molecule has 1 aromatic carbocycles. The van der Waals surface area contributed by atoms with Crippen LogP contribution in [0.5, 0.6) is 5.75 Å². The zero-order chi connectivity index (χ0) is 11.9. The van der Waals surface area contributed by atoms with E-state index in [0.717, 1.165) is 30.9 Å². The predicted molar refractivity (Wildman–Crippen MR) is 64.0 cm³/mol. The van der Waals surface area contributed by atoms with Gasteiger partial charge in [-0.05, 0) is 6.07 Å². The third-order valence-electron chi connectivity index (χ3n) is 4.07. The van der Waals surface area contributed by atoms with E-state index in [-0.39, 0.29) is 5.60 Å². The molecule has 1 fully saturated rings. The minimum absolute atomic E-state index is 0.244. The van der Waals surface area contributed by atoms with E-state index in [1.807, 2.05) is 24.3 Å². The first-order valence-corrected chi connectivity index (χ1v) is 6.25. The molecule has 2 heterocycles. The summed E-state index contributed by atoms with van der Waals surface area (Å²) in [6.45, 7) is 3.58. The molecule has 0 bridgehead atoms. The summed E-state index contributed by atoms with van der Waals surface area (Å²) in [5, 5.41) is 10.3. The van der Waals surface area contributed by atoms with Gasteiger partial charge < -0.3 is 14.6 Å². The molecule has 1 aromatic rings. The number of hydrogen-bond donors (Lipinski definition) is 1. The number of aliphatic hydroxyl groups is 1. The summed E-state index contributed by atoms with van der Waals surface area (Å²) in [6, 6.07) is 7.78. The molecule has 17 heavy (non-hydrogen) atoms. The first kappa shape index (κ1) is 11.1. The topological polar surface area (TPSA) is 38.7 Å². The molecule has 3 rings (SSSR count). The minimum Gasteiger partial charge on any atom is -0.486 e. The van der Waals surface area contributed by atoms with Crippen molar-refractivity contribution < 1.29 is 14.6 Å². The number of benzene rings is 1. The lowest BCUT2D eigenvalue weighted by Crippen LogP contribution is -2.51. The first-order chi connectivity index (χ1) is 8.21. The fraction of sp³-hybridized carbons (Fsp3) is 0.571. The molecular formula is C14H18O3. The van der Waals surface area contributed by atoms with Crippen LogP contribution in [-0.2, 0) is 4.74 Å². The fourth-order valence-corrected chi connectivity index (χ4v) is 2.90. The maximum Gasteiger partial charge on any atom is 0.125 e. The second-order valence-electron chi connectivity index (χ2n) is 5.15. The number of hydrogen-bond acceptors (Lipinski definition) is 3. The van der Waals surface area contributed by atoms with Gasteiger partial charge in [0.2, 0.25) is 0 Å². The summed E-state index contributed by atoms with van der Waals surface area (Å²) >= 11 is 0. The van der Waals surface area contributed by atoms with Crippen LogP contribution in [0.3, 0.4) is 0 Å². The van der Waals surface area contributed by atoms with Gasteiger partial charge in [0, 0.05) is 24.3 Å². The second-order valence-corrected chi connectivity index (χ2v) is 5.15. The number of para-hydroxylation sites is 1. The minimum atomic E-state index is -0.416. The summed E-state index contributed by atoms with van der Waals surface area (Å²) in [5.74, 6) is 1.15. The third kappa shape index (κ3) is 1.74. The molecule has 3 nitrogen and oxygen atoms in total. The highest BCUT2D eigenvalue weighted by Gasteiger charge is 2.46. The molecule has 1 spiro atoms. The molecule has 3 unspecified atom stereocenters. The van der Waals surface area contributed by atoms with E-state index in [9.17, 15) is 5.11 Å². The Labute approximate surface area is 101 Å². The maximum absolute atomic E-state index is 10.3. The van der Waals surface area contributed by atoms with E-state index >= 15 is 0 Å². The van der Waals surface area contributed by atoms with Crippen molar-refractivity contribution in [2.75, 3.05) is 13.2 Å². The summed E-state index contributed by atoms with van der Waals surface area (Å²) in [7, 11) is 0. The Hall–Kier alpha value is -1.06. The van der Waals surface area contributed by atoms with Crippen LogP contribution in [0.1, 0.15) is 31.4 Å². The van der Waals surface area contributed by atoms with Gasteiger partial charge in [-0.25, -0.2) is 0 Å². The van der Waals surface area contributed by atoms with E-state index < -0.39 is 6.10 Å². The van der Waals surface area contributed by atoms with Crippen LogP contribution in [-0.4, -0.2) is 23.9 Å². The molecule has 2 aliphatic rings. The van der Waals surface area contributed by atoms with Gasteiger partial charge in [0.25, 0.3) is 0 Å². The highest BCUT2D eigenvalue weighted by atomic mass is 16.5. The molecule has 0 saturated carbocycles. The van der Waals surface area contributed by atoms with Crippen LogP contribution in [0.4, 0.5) is 0 Å². The molecule has 0 amide bonds. The molecule has 0 aromatic heterocycles. The van der Waals surface area contributed by atoms with Crippen molar-refractivity contribution >= 4 is 0 Å². The van der Waals surface area contributed by atoms with Gasteiger partial charge in [0.05, 0.1) is 19.3 Å². The third-order valence-corrected chi connectivity index (χ3v) is 4.07. The number of fused-ring (bicyclic) bond motifs is 1. The van der Waals surface area contributed by atoms with Crippen LogP contribution in [0.15, 0.2) is 24.3 Å². The Kier molecular flexibility index (Phi) is 2.60. The van der Waals surface area contributed by atoms with Crippen molar-refractivity contribution in [3.63, 3.8) is 0 Å². The van der Waals surface area contributed by atoms with Crippen LogP contribution < -0.4 is 4.74 Å². The van der Waals surface area contributed by atoms with E-state index in [0.29, 0.717) is 12.3 Å². The summed E-state index contributed by atoms with van der Waals surface area (Å²) in [4.78, 5) is 0. The Morgan fingerprint density at radius 1 is 1.35 bits per heavy atom. The summed E-state index contributed by atoms with van der Waals surface area (Å²) in [5.41, 5.74) is 0.670. The van der Waals surface area contributed by atoms with Crippen molar-refractivity contribution in [3.8, 4) is 5.75 Å².